The number of hydrogen-bond donors (Lipinski definition) is 0. The van der Waals surface area contributed by atoms with E-state index in [4.69, 9.17) is 4.74 Å². The molecular weight excluding hydrogens is 239 g/mol. The molecule has 0 unspecified atom stereocenters. The third-order valence-corrected chi connectivity index (χ3v) is 2.17. The summed E-state index contributed by atoms with van der Waals surface area (Å²) in [4.78, 5) is 0. The van der Waals surface area contributed by atoms with E-state index >= 15 is 0 Å². The standard InChI is InChI=1S/C8H9IO/c1-10-8-4-2-3-7(5-8)6-9/h2-5H,6H2,1H3. The molecule has 0 radical (unpaired) electrons. The van der Waals surface area contributed by atoms with Gasteiger partial charge in [-0.2, -0.15) is 0 Å². The highest BCUT2D eigenvalue weighted by Crippen LogP contribution is 2.14. The molecule has 0 aliphatic rings. The van der Waals surface area contributed by atoms with Crippen molar-refractivity contribution < 1.29 is 4.74 Å². The summed E-state index contributed by atoms with van der Waals surface area (Å²) >= 11 is 2.33. The van der Waals surface area contributed by atoms with Crippen molar-refractivity contribution in [2.75, 3.05) is 7.11 Å². The summed E-state index contributed by atoms with van der Waals surface area (Å²) in [5.41, 5.74) is 1.31. The van der Waals surface area contributed by atoms with Crippen molar-refractivity contribution in [3.63, 3.8) is 0 Å². The van der Waals surface area contributed by atoms with Crippen LogP contribution in [0.15, 0.2) is 24.3 Å². The van der Waals surface area contributed by atoms with Gasteiger partial charge in [-0.25, -0.2) is 0 Å². The number of alkyl halides is 1. The molecular formula is C8H9IO. The van der Waals surface area contributed by atoms with E-state index in [0.717, 1.165) is 10.2 Å². The van der Waals surface area contributed by atoms with E-state index in [9.17, 15) is 0 Å². The summed E-state index contributed by atoms with van der Waals surface area (Å²) in [7, 11) is 1.69. The van der Waals surface area contributed by atoms with Gasteiger partial charge in [0.15, 0.2) is 0 Å². The van der Waals surface area contributed by atoms with Gasteiger partial charge in [0.2, 0.25) is 0 Å². The lowest BCUT2D eigenvalue weighted by atomic mass is 10.2. The summed E-state index contributed by atoms with van der Waals surface area (Å²) in [6, 6.07) is 8.10. The minimum atomic E-state index is 0.939. The number of rotatable bonds is 2. The lowest BCUT2D eigenvalue weighted by molar-refractivity contribution is 0.414. The van der Waals surface area contributed by atoms with Crippen molar-refractivity contribution in [1.29, 1.82) is 0 Å². The second-order valence-electron chi connectivity index (χ2n) is 1.99. The molecule has 0 saturated carbocycles. The minimum Gasteiger partial charge on any atom is -0.497 e. The summed E-state index contributed by atoms with van der Waals surface area (Å²) in [6.45, 7) is 0. The van der Waals surface area contributed by atoms with Crippen LogP contribution in [0.4, 0.5) is 0 Å². The van der Waals surface area contributed by atoms with Gasteiger partial charge in [0.05, 0.1) is 7.11 Å². The molecule has 0 bridgehead atoms. The van der Waals surface area contributed by atoms with Gasteiger partial charge in [0, 0.05) is 4.43 Å². The summed E-state index contributed by atoms with van der Waals surface area (Å²) in [5, 5.41) is 0. The van der Waals surface area contributed by atoms with Gasteiger partial charge in [-0.05, 0) is 17.7 Å². The molecule has 2 heteroatoms. The predicted octanol–water partition coefficient (Wildman–Crippen LogP) is 2.63. The average Bonchev–Trinajstić information content (AvgIpc) is 2.05. The zero-order valence-corrected chi connectivity index (χ0v) is 7.96. The van der Waals surface area contributed by atoms with Crippen LogP contribution in [-0.2, 0) is 4.43 Å². The molecule has 1 rings (SSSR count). The second-order valence-corrected chi connectivity index (χ2v) is 2.75. The maximum Gasteiger partial charge on any atom is 0.119 e. The fourth-order valence-electron chi connectivity index (χ4n) is 0.756. The Morgan fingerprint density at radius 3 is 2.90 bits per heavy atom. The van der Waals surface area contributed by atoms with Crippen LogP contribution < -0.4 is 4.74 Å². The van der Waals surface area contributed by atoms with Gasteiger partial charge >= 0.3 is 0 Å². The van der Waals surface area contributed by atoms with Crippen LogP contribution in [0.5, 0.6) is 5.75 Å². The molecule has 0 aliphatic carbocycles. The molecule has 0 heterocycles. The number of ether oxygens (including phenoxy) is 1. The molecule has 10 heavy (non-hydrogen) atoms. The Hall–Kier alpha value is -0.250. The zero-order chi connectivity index (χ0) is 7.40. The molecule has 0 amide bonds. The van der Waals surface area contributed by atoms with Crippen molar-refractivity contribution in [1.82, 2.24) is 0 Å². The number of hydrogen-bond acceptors (Lipinski definition) is 1. The number of halogens is 1. The average molecular weight is 248 g/mol. The van der Waals surface area contributed by atoms with Gasteiger partial charge in [-0.3, -0.25) is 0 Å². The fourth-order valence-corrected chi connectivity index (χ4v) is 1.23. The van der Waals surface area contributed by atoms with Gasteiger partial charge in [0.25, 0.3) is 0 Å². The zero-order valence-electron chi connectivity index (χ0n) is 5.80. The van der Waals surface area contributed by atoms with Crippen molar-refractivity contribution in [3.8, 4) is 5.75 Å². The van der Waals surface area contributed by atoms with Crippen molar-refractivity contribution in [2.45, 2.75) is 4.43 Å². The normalized spacial score (nSPS) is 9.40. The highest BCUT2D eigenvalue weighted by atomic mass is 127. The minimum absolute atomic E-state index is 0.939. The van der Waals surface area contributed by atoms with E-state index in [2.05, 4.69) is 28.7 Å². The third-order valence-electron chi connectivity index (χ3n) is 1.29. The lowest BCUT2D eigenvalue weighted by Gasteiger charge is -1.99. The molecule has 0 saturated heterocycles. The second kappa shape index (κ2) is 3.81. The molecule has 0 atom stereocenters. The number of methoxy groups -OCH3 is 1. The van der Waals surface area contributed by atoms with Gasteiger partial charge < -0.3 is 4.74 Å². The molecule has 1 nitrogen and oxygen atoms in total. The van der Waals surface area contributed by atoms with Gasteiger partial charge in [0.1, 0.15) is 5.75 Å². The van der Waals surface area contributed by atoms with E-state index in [0.29, 0.717) is 0 Å². The Balaban J connectivity index is 2.87. The fraction of sp³-hybridized carbons (Fsp3) is 0.250. The molecule has 1 aromatic carbocycles. The van der Waals surface area contributed by atoms with E-state index in [-0.39, 0.29) is 0 Å². The largest absolute Gasteiger partial charge is 0.497 e. The molecule has 54 valence electrons. The maximum atomic E-state index is 5.05. The Kier molecular flexibility index (Phi) is 2.99. The van der Waals surface area contributed by atoms with Crippen molar-refractivity contribution in [3.05, 3.63) is 29.8 Å². The first kappa shape index (κ1) is 7.85. The predicted molar refractivity (Wildman–Crippen MR) is 50.7 cm³/mol. The van der Waals surface area contributed by atoms with Gasteiger partial charge in [-0.1, -0.05) is 34.7 Å². The van der Waals surface area contributed by atoms with Crippen molar-refractivity contribution in [2.24, 2.45) is 0 Å². The maximum absolute atomic E-state index is 5.05. The first-order chi connectivity index (χ1) is 4.86. The van der Waals surface area contributed by atoms with Crippen LogP contribution in [0, 0.1) is 0 Å². The third kappa shape index (κ3) is 1.87. The van der Waals surface area contributed by atoms with Crippen LogP contribution in [0.2, 0.25) is 0 Å². The van der Waals surface area contributed by atoms with Crippen LogP contribution in [0.25, 0.3) is 0 Å². The SMILES string of the molecule is COc1cccc(CI)c1. The van der Waals surface area contributed by atoms with Crippen LogP contribution >= 0.6 is 22.6 Å². The van der Waals surface area contributed by atoms with E-state index in [1.54, 1.807) is 7.11 Å². The molecule has 0 spiro atoms. The summed E-state index contributed by atoms with van der Waals surface area (Å²) < 4.78 is 6.09. The molecule has 0 N–H and O–H groups in total. The first-order valence-electron chi connectivity index (χ1n) is 3.05. The molecule has 1 aromatic rings. The van der Waals surface area contributed by atoms with Crippen LogP contribution in [0.3, 0.4) is 0 Å². The Morgan fingerprint density at radius 1 is 1.50 bits per heavy atom. The van der Waals surface area contributed by atoms with Crippen LogP contribution in [-0.4, -0.2) is 7.11 Å². The Bertz CT molecular complexity index is 191. The highest BCUT2D eigenvalue weighted by Gasteiger charge is 1.91. The quantitative estimate of drug-likeness (QED) is 0.577. The number of benzene rings is 1. The van der Waals surface area contributed by atoms with Crippen molar-refractivity contribution >= 4 is 22.6 Å². The summed E-state index contributed by atoms with van der Waals surface area (Å²) in [5.74, 6) is 0.939. The van der Waals surface area contributed by atoms with E-state index in [1.165, 1.54) is 5.56 Å². The Labute approximate surface area is 74.5 Å². The summed E-state index contributed by atoms with van der Waals surface area (Å²) in [6.07, 6.45) is 0. The molecule has 0 aromatic heterocycles. The van der Waals surface area contributed by atoms with E-state index < -0.39 is 0 Å². The smallest absolute Gasteiger partial charge is 0.119 e. The Morgan fingerprint density at radius 2 is 2.30 bits per heavy atom. The lowest BCUT2D eigenvalue weighted by Crippen LogP contribution is -1.83. The monoisotopic (exact) mass is 248 g/mol. The molecule has 0 fully saturated rings. The van der Waals surface area contributed by atoms with Gasteiger partial charge in [-0.15, -0.1) is 0 Å². The topological polar surface area (TPSA) is 9.23 Å². The van der Waals surface area contributed by atoms with Crippen LogP contribution in [0.1, 0.15) is 5.56 Å². The first-order valence-corrected chi connectivity index (χ1v) is 4.58. The van der Waals surface area contributed by atoms with E-state index in [1.807, 2.05) is 18.2 Å². The molecule has 0 aliphatic heterocycles. The highest BCUT2D eigenvalue weighted by molar-refractivity contribution is 14.1.